The third-order valence-electron chi connectivity index (χ3n) is 3.06. The van der Waals surface area contributed by atoms with E-state index < -0.39 is 5.60 Å². The lowest BCUT2D eigenvalue weighted by Gasteiger charge is -2.22. The van der Waals surface area contributed by atoms with Crippen LogP contribution in [-0.4, -0.2) is 5.11 Å². The van der Waals surface area contributed by atoms with Gasteiger partial charge in [-0.1, -0.05) is 41.9 Å². The Kier molecular flexibility index (Phi) is 3.47. The van der Waals surface area contributed by atoms with Gasteiger partial charge in [-0.15, -0.1) is 0 Å². The Morgan fingerprint density at radius 3 is 2.33 bits per heavy atom. The molecule has 0 radical (unpaired) electrons. The van der Waals surface area contributed by atoms with Crippen molar-refractivity contribution in [3.63, 3.8) is 0 Å². The highest BCUT2D eigenvalue weighted by Gasteiger charge is 2.20. The minimum atomic E-state index is -0.857. The lowest BCUT2D eigenvalue weighted by Crippen LogP contribution is -2.16. The first kappa shape index (κ1) is 13.1. The normalized spacial score (nSPS) is 11.6. The van der Waals surface area contributed by atoms with Crippen LogP contribution in [-0.2, 0) is 5.60 Å². The lowest BCUT2D eigenvalue weighted by atomic mass is 9.89. The van der Waals surface area contributed by atoms with Crippen molar-refractivity contribution in [3.05, 3.63) is 58.6 Å². The maximum Gasteiger partial charge on any atom is 0.0846 e. The number of hydrogen-bond donors (Lipinski definition) is 1. The van der Waals surface area contributed by atoms with Gasteiger partial charge in [0, 0.05) is 5.02 Å². The van der Waals surface area contributed by atoms with Crippen LogP contribution in [0.1, 0.15) is 25.0 Å². The molecule has 0 fully saturated rings. The summed E-state index contributed by atoms with van der Waals surface area (Å²) in [6.07, 6.45) is 0. The molecule has 0 heterocycles. The Bertz CT molecular complexity index is 568. The van der Waals surface area contributed by atoms with E-state index in [2.05, 4.69) is 0 Å². The molecule has 18 heavy (non-hydrogen) atoms. The smallest absolute Gasteiger partial charge is 0.0846 e. The molecule has 0 saturated carbocycles. The number of benzene rings is 2. The van der Waals surface area contributed by atoms with E-state index in [-0.39, 0.29) is 0 Å². The molecule has 1 N–H and O–H groups in total. The van der Waals surface area contributed by atoms with Crippen LogP contribution < -0.4 is 0 Å². The molecule has 0 aliphatic heterocycles. The third-order valence-corrected chi connectivity index (χ3v) is 3.48. The first-order valence-electron chi connectivity index (χ1n) is 5.98. The van der Waals surface area contributed by atoms with Crippen molar-refractivity contribution in [3.8, 4) is 11.1 Å². The Morgan fingerprint density at radius 2 is 1.72 bits per heavy atom. The second-order valence-corrected chi connectivity index (χ2v) is 5.48. The fraction of sp³-hybridized carbons (Fsp3) is 0.250. The second-order valence-electron chi connectivity index (χ2n) is 5.07. The molecular weight excluding hydrogens is 244 g/mol. The van der Waals surface area contributed by atoms with Gasteiger partial charge in [0.2, 0.25) is 0 Å². The van der Waals surface area contributed by atoms with Crippen LogP contribution in [0.2, 0.25) is 5.02 Å². The van der Waals surface area contributed by atoms with Crippen molar-refractivity contribution in [2.24, 2.45) is 0 Å². The van der Waals surface area contributed by atoms with E-state index in [1.165, 1.54) is 0 Å². The first-order valence-corrected chi connectivity index (χ1v) is 6.36. The highest BCUT2D eigenvalue weighted by molar-refractivity contribution is 6.31. The summed E-state index contributed by atoms with van der Waals surface area (Å²) in [5.41, 5.74) is 3.23. The molecule has 1 nitrogen and oxygen atoms in total. The molecule has 0 unspecified atom stereocenters. The van der Waals surface area contributed by atoms with Crippen molar-refractivity contribution in [2.45, 2.75) is 26.4 Å². The molecule has 0 spiro atoms. The highest BCUT2D eigenvalue weighted by atomic mass is 35.5. The van der Waals surface area contributed by atoms with Gasteiger partial charge in [0.1, 0.15) is 0 Å². The zero-order chi connectivity index (χ0) is 13.3. The summed E-state index contributed by atoms with van der Waals surface area (Å²) >= 11 is 6.05. The molecule has 2 heteroatoms. The van der Waals surface area contributed by atoms with Crippen LogP contribution in [0.15, 0.2) is 42.5 Å². The molecule has 2 aromatic rings. The number of aryl methyl sites for hydroxylation is 1. The van der Waals surface area contributed by atoms with Gasteiger partial charge < -0.3 is 5.11 Å². The number of hydrogen-bond acceptors (Lipinski definition) is 1. The van der Waals surface area contributed by atoms with Crippen molar-refractivity contribution >= 4 is 11.6 Å². The molecule has 0 saturated heterocycles. The van der Waals surface area contributed by atoms with E-state index in [1.807, 2.05) is 49.4 Å². The van der Waals surface area contributed by atoms with Gasteiger partial charge >= 0.3 is 0 Å². The summed E-state index contributed by atoms with van der Waals surface area (Å²) in [5, 5.41) is 11.0. The van der Waals surface area contributed by atoms with Gasteiger partial charge in [-0.2, -0.15) is 0 Å². The van der Waals surface area contributed by atoms with E-state index in [4.69, 9.17) is 11.6 Å². The maximum absolute atomic E-state index is 10.2. The van der Waals surface area contributed by atoms with Crippen LogP contribution >= 0.6 is 11.6 Å². The molecule has 0 aliphatic carbocycles. The largest absolute Gasteiger partial charge is 0.386 e. The predicted octanol–water partition coefficient (Wildman–Crippen LogP) is 4.54. The quantitative estimate of drug-likeness (QED) is 0.840. The zero-order valence-electron chi connectivity index (χ0n) is 10.9. The van der Waals surface area contributed by atoms with Crippen LogP contribution in [0.3, 0.4) is 0 Å². The van der Waals surface area contributed by atoms with Gasteiger partial charge in [0.25, 0.3) is 0 Å². The molecule has 2 rings (SSSR count). The molecule has 0 atom stereocenters. The Hall–Kier alpha value is -1.31. The number of aliphatic hydroxyl groups is 1. The minimum absolute atomic E-state index is 0.763. The summed E-state index contributed by atoms with van der Waals surface area (Å²) in [6.45, 7) is 5.59. The van der Waals surface area contributed by atoms with E-state index in [0.29, 0.717) is 0 Å². The van der Waals surface area contributed by atoms with Crippen LogP contribution in [0.5, 0.6) is 0 Å². The number of rotatable bonds is 2. The molecule has 0 bridgehead atoms. The Labute approximate surface area is 113 Å². The SMILES string of the molecule is Cc1cc(-c2ccccc2C(C)(C)O)ccc1Cl. The molecule has 0 aromatic heterocycles. The average molecular weight is 261 g/mol. The topological polar surface area (TPSA) is 20.2 Å². The van der Waals surface area contributed by atoms with Crippen molar-refractivity contribution in [1.82, 2.24) is 0 Å². The third kappa shape index (κ3) is 2.58. The molecule has 0 amide bonds. The number of halogens is 1. The zero-order valence-corrected chi connectivity index (χ0v) is 11.6. The Balaban J connectivity index is 2.61. The van der Waals surface area contributed by atoms with E-state index in [1.54, 1.807) is 13.8 Å². The van der Waals surface area contributed by atoms with Gasteiger partial charge in [-0.05, 0) is 55.2 Å². The van der Waals surface area contributed by atoms with Gasteiger partial charge in [-0.25, -0.2) is 0 Å². The molecule has 94 valence electrons. The molecular formula is C16H17ClO. The minimum Gasteiger partial charge on any atom is -0.386 e. The van der Waals surface area contributed by atoms with Crippen LogP contribution in [0.25, 0.3) is 11.1 Å². The van der Waals surface area contributed by atoms with Gasteiger partial charge in [0.05, 0.1) is 5.60 Å². The van der Waals surface area contributed by atoms with Crippen molar-refractivity contribution in [1.29, 1.82) is 0 Å². The maximum atomic E-state index is 10.2. The summed E-state index contributed by atoms with van der Waals surface area (Å²) in [5.74, 6) is 0. The van der Waals surface area contributed by atoms with Crippen LogP contribution in [0.4, 0.5) is 0 Å². The van der Waals surface area contributed by atoms with Crippen molar-refractivity contribution < 1.29 is 5.11 Å². The summed E-state index contributed by atoms with van der Waals surface area (Å²) < 4.78 is 0. The fourth-order valence-corrected chi connectivity index (χ4v) is 2.20. The van der Waals surface area contributed by atoms with E-state index in [0.717, 1.165) is 27.3 Å². The van der Waals surface area contributed by atoms with Gasteiger partial charge in [-0.3, -0.25) is 0 Å². The summed E-state index contributed by atoms with van der Waals surface area (Å²) in [4.78, 5) is 0. The fourth-order valence-electron chi connectivity index (χ4n) is 2.08. The standard InChI is InChI=1S/C16H17ClO/c1-11-10-12(8-9-15(11)17)13-6-4-5-7-14(13)16(2,3)18/h4-10,18H,1-3H3. The van der Waals surface area contributed by atoms with E-state index >= 15 is 0 Å². The summed E-state index contributed by atoms with van der Waals surface area (Å²) in [7, 11) is 0. The average Bonchev–Trinajstić information content (AvgIpc) is 2.32. The summed E-state index contributed by atoms with van der Waals surface area (Å²) in [6, 6.07) is 13.8. The molecule has 0 aliphatic rings. The predicted molar refractivity (Wildman–Crippen MR) is 76.9 cm³/mol. The van der Waals surface area contributed by atoms with E-state index in [9.17, 15) is 5.11 Å². The second kappa shape index (κ2) is 4.75. The molecule has 2 aromatic carbocycles. The monoisotopic (exact) mass is 260 g/mol. The van der Waals surface area contributed by atoms with Gasteiger partial charge in [0.15, 0.2) is 0 Å². The Morgan fingerprint density at radius 1 is 1.06 bits per heavy atom. The van der Waals surface area contributed by atoms with Crippen molar-refractivity contribution in [2.75, 3.05) is 0 Å². The lowest BCUT2D eigenvalue weighted by molar-refractivity contribution is 0.0792. The first-order chi connectivity index (χ1) is 8.39. The highest BCUT2D eigenvalue weighted by Crippen LogP contribution is 2.32. The van der Waals surface area contributed by atoms with Crippen LogP contribution in [0, 0.1) is 6.92 Å².